The van der Waals surface area contributed by atoms with E-state index in [4.69, 9.17) is 0 Å². The Bertz CT molecular complexity index is 1230. The van der Waals surface area contributed by atoms with Crippen molar-refractivity contribution in [1.29, 1.82) is 0 Å². The summed E-state index contributed by atoms with van der Waals surface area (Å²) in [4.78, 5) is 23.7. The zero-order valence-corrected chi connectivity index (χ0v) is 16.1. The van der Waals surface area contributed by atoms with Gasteiger partial charge in [0.1, 0.15) is 16.9 Å². The summed E-state index contributed by atoms with van der Waals surface area (Å²) < 4.78 is 41.3. The number of halogens is 3. The van der Waals surface area contributed by atoms with Crippen molar-refractivity contribution in [2.45, 2.75) is 13.1 Å². The summed E-state index contributed by atoms with van der Waals surface area (Å²) in [5, 5.41) is 8.39. The first-order valence-corrected chi connectivity index (χ1v) is 8.87. The second-order valence-electron chi connectivity index (χ2n) is 6.42. The van der Waals surface area contributed by atoms with E-state index in [9.17, 15) is 18.0 Å². The minimum absolute atomic E-state index is 0.0888. The molecule has 4 aromatic rings. The van der Waals surface area contributed by atoms with Crippen LogP contribution in [0.3, 0.4) is 0 Å². The second kappa shape index (κ2) is 5.99. The van der Waals surface area contributed by atoms with Crippen LogP contribution in [0.25, 0.3) is 27.4 Å². The highest BCUT2D eigenvalue weighted by Crippen LogP contribution is 2.34. The quantitative estimate of drug-likeness (QED) is 0.509. The predicted molar refractivity (Wildman–Crippen MR) is 96.1 cm³/mol. The predicted octanol–water partition coefficient (Wildman–Crippen LogP) is 2.77. The smallest absolute Gasteiger partial charge is 0.344 e. The lowest BCUT2D eigenvalue weighted by Crippen LogP contribution is -2.21. The molecule has 0 unspecified atom stereocenters. The van der Waals surface area contributed by atoms with E-state index in [0.717, 1.165) is 10.7 Å². The van der Waals surface area contributed by atoms with Crippen LogP contribution in [0.2, 0.25) is 0 Å². The molecule has 0 fully saturated rings. The molecule has 0 aromatic carbocycles. The van der Waals surface area contributed by atoms with Crippen LogP contribution >= 0.6 is 11.3 Å². The lowest BCUT2D eigenvalue weighted by atomic mass is 10.2. The molecule has 0 saturated carbocycles. The van der Waals surface area contributed by atoms with Crippen molar-refractivity contribution in [3.63, 3.8) is 0 Å². The van der Waals surface area contributed by atoms with E-state index < -0.39 is 11.9 Å². The third-order valence-electron chi connectivity index (χ3n) is 4.27. The third-order valence-corrected chi connectivity index (χ3v) is 5.46. The summed E-state index contributed by atoms with van der Waals surface area (Å²) in [5.74, 6) is -0.0641. The number of hydrogen-bond acceptors (Lipinski definition) is 6. The lowest BCUT2D eigenvalue weighted by Gasteiger charge is -2.08. The highest BCUT2D eigenvalue weighted by Gasteiger charge is 2.35. The molecule has 0 aliphatic carbocycles. The van der Waals surface area contributed by atoms with Gasteiger partial charge in [0, 0.05) is 21.1 Å². The van der Waals surface area contributed by atoms with Gasteiger partial charge in [-0.3, -0.25) is 9.48 Å². The Balaban J connectivity index is 1.92. The van der Waals surface area contributed by atoms with Crippen LogP contribution in [-0.2, 0) is 13.2 Å². The molecule has 146 valence electrons. The Morgan fingerprint density at radius 2 is 1.96 bits per heavy atom. The summed E-state index contributed by atoms with van der Waals surface area (Å²) in [6.45, 7) is 1.79. The van der Waals surface area contributed by atoms with Crippen molar-refractivity contribution >= 4 is 33.1 Å². The molecule has 0 bridgehead atoms. The fourth-order valence-corrected chi connectivity index (χ4v) is 4.03. The van der Waals surface area contributed by atoms with Crippen LogP contribution in [0, 0.1) is 6.92 Å². The van der Waals surface area contributed by atoms with E-state index in [-0.39, 0.29) is 17.4 Å². The monoisotopic (exact) mass is 409 g/mol. The molecule has 8 nitrogen and oxygen atoms in total. The number of aromatic nitrogens is 6. The first-order valence-electron chi connectivity index (χ1n) is 8.05. The summed E-state index contributed by atoms with van der Waals surface area (Å²) in [5.41, 5.74) is 0.234. The van der Waals surface area contributed by atoms with Crippen molar-refractivity contribution in [3.8, 4) is 11.5 Å². The maximum Gasteiger partial charge on any atom is 0.435 e. The third kappa shape index (κ3) is 2.71. The fourth-order valence-electron chi connectivity index (χ4n) is 2.86. The van der Waals surface area contributed by atoms with E-state index in [0.29, 0.717) is 26.3 Å². The minimum atomic E-state index is -4.56. The number of aryl methyl sites for hydroxylation is 2. The van der Waals surface area contributed by atoms with Gasteiger partial charge in [0.15, 0.2) is 17.2 Å². The van der Waals surface area contributed by atoms with Crippen LogP contribution in [0.4, 0.5) is 13.2 Å². The maximum absolute atomic E-state index is 12.9. The summed E-state index contributed by atoms with van der Waals surface area (Å²) in [6.07, 6.45) is -3.13. The number of amides is 1. The normalized spacial score (nSPS) is 12.2. The van der Waals surface area contributed by atoms with Gasteiger partial charge in [0.25, 0.3) is 5.91 Å². The zero-order valence-electron chi connectivity index (χ0n) is 15.2. The second-order valence-corrected chi connectivity index (χ2v) is 7.42. The summed E-state index contributed by atoms with van der Waals surface area (Å²) >= 11 is 1.24. The molecule has 4 aromatic heterocycles. The Morgan fingerprint density at radius 3 is 2.57 bits per heavy atom. The number of carbonyl (C=O) groups excluding carboxylic acids is 1. The van der Waals surface area contributed by atoms with Crippen molar-refractivity contribution in [3.05, 3.63) is 28.5 Å². The number of nitrogens with zero attached hydrogens (tertiary/aromatic N) is 7. The van der Waals surface area contributed by atoms with Crippen LogP contribution in [0.5, 0.6) is 0 Å². The van der Waals surface area contributed by atoms with Gasteiger partial charge in [-0.1, -0.05) is 0 Å². The molecule has 0 aliphatic heterocycles. The minimum Gasteiger partial charge on any atom is -0.344 e. The summed E-state index contributed by atoms with van der Waals surface area (Å²) in [6, 6.07) is 0.904. The Kier molecular flexibility index (Phi) is 3.93. The average Bonchev–Trinajstić information content (AvgIpc) is 3.28. The molecular formula is C16H14F3N7OS. The van der Waals surface area contributed by atoms with E-state index >= 15 is 0 Å². The molecule has 0 atom stereocenters. The van der Waals surface area contributed by atoms with Gasteiger partial charge in [0.2, 0.25) is 0 Å². The van der Waals surface area contributed by atoms with Gasteiger partial charge >= 0.3 is 6.18 Å². The van der Waals surface area contributed by atoms with Gasteiger partial charge < -0.3 is 4.90 Å². The molecule has 0 aliphatic rings. The molecule has 0 radical (unpaired) electrons. The van der Waals surface area contributed by atoms with Crippen LogP contribution in [0.1, 0.15) is 20.9 Å². The first kappa shape index (κ1) is 18.3. The number of thiophene rings is 1. The molecule has 1 amide bonds. The Labute approximate surface area is 160 Å². The van der Waals surface area contributed by atoms with Gasteiger partial charge in [-0.25, -0.2) is 14.5 Å². The molecule has 0 saturated heterocycles. The molecular weight excluding hydrogens is 395 g/mol. The average molecular weight is 409 g/mol. The van der Waals surface area contributed by atoms with Crippen molar-refractivity contribution in [2.75, 3.05) is 14.1 Å². The fraction of sp³-hybridized carbons (Fsp3) is 0.312. The topological polar surface area (TPSA) is 81.2 Å². The lowest BCUT2D eigenvalue weighted by molar-refractivity contribution is -0.141. The number of alkyl halides is 3. The van der Waals surface area contributed by atoms with Crippen LogP contribution < -0.4 is 0 Å². The standard InChI is InChI=1S/C16H14F3N7OS/c1-7-10-13-21-12(8-5-9(16(17,18)19)22-25(8)4)23-26(13)6-20-14(10)28-11(7)15(27)24(2)3/h5-6H,1-4H3. The van der Waals surface area contributed by atoms with E-state index in [1.54, 1.807) is 21.0 Å². The van der Waals surface area contributed by atoms with Crippen LogP contribution in [0.15, 0.2) is 12.4 Å². The van der Waals surface area contributed by atoms with Crippen molar-refractivity contribution in [1.82, 2.24) is 34.3 Å². The van der Waals surface area contributed by atoms with Crippen molar-refractivity contribution < 1.29 is 18.0 Å². The summed E-state index contributed by atoms with van der Waals surface area (Å²) in [7, 11) is 4.71. The van der Waals surface area contributed by atoms with Gasteiger partial charge in [-0.2, -0.15) is 18.3 Å². The number of fused-ring (bicyclic) bond motifs is 3. The van der Waals surface area contributed by atoms with Crippen LogP contribution in [-0.4, -0.2) is 54.3 Å². The number of hydrogen-bond donors (Lipinski definition) is 0. The van der Waals surface area contributed by atoms with E-state index in [1.165, 1.54) is 34.1 Å². The number of rotatable bonds is 2. The Hall–Kier alpha value is -3.02. The van der Waals surface area contributed by atoms with Crippen molar-refractivity contribution in [2.24, 2.45) is 7.05 Å². The molecule has 4 heterocycles. The van der Waals surface area contributed by atoms with E-state index in [1.807, 2.05) is 0 Å². The molecule has 12 heteroatoms. The molecule has 28 heavy (non-hydrogen) atoms. The zero-order chi connectivity index (χ0) is 20.4. The highest BCUT2D eigenvalue weighted by molar-refractivity contribution is 7.20. The number of carbonyl (C=O) groups is 1. The highest BCUT2D eigenvalue weighted by atomic mass is 32.1. The van der Waals surface area contributed by atoms with Gasteiger partial charge in [-0.15, -0.1) is 16.4 Å². The van der Waals surface area contributed by atoms with Gasteiger partial charge in [-0.05, 0) is 18.6 Å². The molecule has 0 N–H and O–H groups in total. The molecule has 4 rings (SSSR count). The first-order chi connectivity index (χ1) is 13.1. The van der Waals surface area contributed by atoms with E-state index in [2.05, 4.69) is 20.2 Å². The Morgan fingerprint density at radius 1 is 1.25 bits per heavy atom. The maximum atomic E-state index is 12.9. The SMILES string of the molecule is Cc1c(C(=O)N(C)C)sc2ncn3nc(-c4cc(C(F)(F)F)nn4C)nc3c12. The van der Waals surface area contributed by atoms with Gasteiger partial charge in [0.05, 0.1) is 10.3 Å². The largest absolute Gasteiger partial charge is 0.435 e. The molecule has 0 spiro atoms.